The van der Waals surface area contributed by atoms with Gasteiger partial charge in [-0.1, -0.05) is 6.42 Å². The van der Waals surface area contributed by atoms with E-state index in [9.17, 15) is 5.11 Å². The third-order valence-electron chi connectivity index (χ3n) is 4.34. The largest absolute Gasteiger partial charge is 0.393 e. The zero-order valence-electron chi connectivity index (χ0n) is 10.1. The van der Waals surface area contributed by atoms with Crippen LogP contribution in [0.3, 0.4) is 0 Å². The van der Waals surface area contributed by atoms with Crippen molar-refractivity contribution in [1.82, 2.24) is 9.55 Å². The maximum atomic E-state index is 9.92. The monoisotopic (exact) mass is 260 g/mol. The Morgan fingerprint density at radius 3 is 3.22 bits per heavy atom. The van der Waals surface area contributed by atoms with E-state index < -0.39 is 0 Å². The molecule has 4 heteroatoms. The van der Waals surface area contributed by atoms with Crippen LogP contribution in [0.2, 0.25) is 0 Å². The predicted octanol–water partition coefficient (Wildman–Crippen LogP) is 3.07. The van der Waals surface area contributed by atoms with Crippen molar-refractivity contribution in [1.29, 1.82) is 0 Å². The second kappa shape index (κ2) is 3.93. The Morgan fingerprint density at radius 2 is 2.33 bits per heavy atom. The predicted molar refractivity (Wildman–Crippen MR) is 71.6 cm³/mol. The van der Waals surface area contributed by atoms with Gasteiger partial charge in [0.15, 0.2) is 0 Å². The zero-order valence-corrected chi connectivity index (χ0v) is 10.9. The van der Waals surface area contributed by atoms with Crippen LogP contribution in [0.4, 0.5) is 0 Å². The number of hydrogen-bond acceptors (Lipinski definition) is 3. The molecule has 1 saturated carbocycles. The first-order valence-electron chi connectivity index (χ1n) is 6.62. The summed E-state index contributed by atoms with van der Waals surface area (Å²) in [5, 5.41) is 12.1. The lowest BCUT2D eigenvalue weighted by molar-refractivity contribution is 0.0892. The summed E-state index contributed by atoms with van der Waals surface area (Å²) in [4.78, 5) is 5.76. The third kappa shape index (κ3) is 1.42. The van der Waals surface area contributed by atoms with Crippen molar-refractivity contribution in [3.8, 4) is 11.3 Å². The van der Waals surface area contributed by atoms with Crippen LogP contribution in [0.25, 0.3) is 11.3 Å². The third-order valence-corrected chi connectivity index (χ3v) is 5.33. The molecule has 2 aliphatic rings. The van der Waals surface area contributed by atoms with Gasteiger partial charge in [0.1, 0.15) is 0 Å². The first-order chi connectivity index (χ1) is 8.84. The van der Waals surface area contributed by atoms with E-state index in [0.29, 0.717) is 12.0 Å². The number of imidazole rings is 1. The highest BCUT2D eigenvalue weighted by molar-refractivity contribution is 7.10. The number of rotatable bonds is 1. The van der Waals surface area contributed by atoms with Crippen molar-refractivity contribution in [2.45, 2.75) is 37.8 Å². The van der Waals surface area contributed by atoms with E-state index in [2.05, 4.69) is 21.0 Å². The van der Waals surface area contributed by atoms with Crippen molar-refractivity contribution in [3.05, 3.63) is 28.8 Å². The highest BCUT2D eigenvalue weighted by Crippen LogP contribution is 2.49. The number of hydrogen-bond donors (Lipinski definition) is 1. The Labute approximate surface area is 110 Å². The molecule has 2 aromatic rings. The molecule has 94 valence electrons. The van der Waals surface area contributed by atoms with E-state index in [0.717, 1.165) is 19.3 Å². The molecule has 0 saturated heterocycles. The number of fused-ring (bicyclic) bond motifs is 3. The molecular formula is C14H16N2OS. The van der Waals surface area contributed by atoms with E-state index in [4.69, 9.17) is 0 Å². The SMILES string of the molecule is OC1CCCC(C2c3sccc3-c3cncn32)C1. The second-order valence-corrected chi connectivity index (χ2v) is 6.36. The Morgan fingerprint density at radius 1 is 1.39 bits per heavy atom. The van der Waals surface area contributed by atoms with E-state index in [1.54, 1.807) is 0 Å². The topological polar surface area (TPSA) is 38.1 Å². The molecule has 1 fully saturated rings. The molecule has 3 atom stereocenters. The average molecular weight is 260 g/mol. The van der Waals surface area contributed by atoms with Crippen LogP contribution < -0.4 is 0 Å². The summed E-state index contributed by atoms with van der Waals surface area (Å²) in [6.07, 6.45) is 8.07. The van der Waals surface area contributed by atoms with Crippen LogP contribution in [0.15, 0.2) is 24.0 Å². The summed E-state index contributed by atoms with van der Waals surface area (Å²) in [5.74, 6) is 0.557. The van der Waals surface area contributed by atoms with E-state index in [1.807, 2.05) is 23.9 Å². The van der Waals surface area contributed by atoms with E-state index >= 15 is 0 Å². The van der Waals surface area contributed by atoms with Gasteiger partial charge >= 0.3 is 0 Å². The van der Waals surface area contributed by atoms with Gasteiger partial charge in [0.05, 0.1) is 30.4 Å². The van der Waals surface area contributed by atoms with E-state index in [-0.39, 0.29) is 6.10 Å². The fourth-order valence-electron chi connectivity index (χ4n) is 3.55. The summed E-state index contributed by atoms with van der Waals surface area (Å²) in [6.45, 7) is 0. The van der Waals surface area contributed by atoms with Crippen LogP contribution in [0.5, 0.6) is 0 Å². The minimum atomic E-state index is -0.111. The molecule has 0 spiro atoms. The Balaban J connectivity index is 1.77. The molecule has 0 aromatic carbocycles. The van der Waals surface area contributed by atoms with Gasteiger partial charge in [-0.15, -0.1) is 11.3 Å². The maximum absolute atomic E-state index is 9.92. The molecule has 0 amide bonds. The summed E-state index contributed by atoms with van der Waals surface area (Å²) >= 11 is 1.85. The van der Waals surface area contributed by atoms with Crippen LogP contribution in [-0.2, 0) is 0 Å². The van der Waals surface area contributed by atoms with Gasteiger partial charge in [-0.2, -0.15) is 0 Å². The minimum Gasteiger partial charge on any atom is -0.393 e. The standard InChI is InChI=1S/C14H16N2OS/c17-10-3-1-2-9(6-10)13-14-11(4-5-18-14)12-7-15-8-16(12)13/h4-5,7-10,13,17H,1-3,6H2. The highest BCUT2D eigenvalue weighted by atomic mass is 32.1. The first-order valence-corrected chi connectivity index (χ1v) is 7.50. The smallest absolute Gasteiger partial charge is 0.0957 e. The van der Waals surface area contributed by atoms with E-state index in [1.165, 1.54) is 22.6 Å². The highest BCUT2D eigenvalue weighted by Gasteiger charge is 2.37. The molecule has 0 radical (unpaired) electrons. The molecule has 1 aliphatic carbocycles. The number of aromatic nitrogens is 2. The minimum absolute atomic E-state index is 0.111. The summed E-state index contributed by atoms with van der Waals surface area (Å²) in [6, 6.07) is 2.61. The lowest BCUT2D eigenvalue weighted by Gasteiger charge is -2.31. The summed E-state index contributed by atoms with van der Waals surface area (Å²) < 4.78 is 2.31. The van der Waals surface area contributed by atoms with Crippen LogP contribution in [-0.4, -0.2) is 20.8 Å². The maximum Gasteiger partial charge on any atom is 0.0957 e. The quantitative estimate of drug-likeness (QED) is 0.855. The Kier molecular flexibility index (Phi) is 2.35. The second-order valence-electron chi connectivity index (χ2n) is 5.41. The van der Waals surface area contributed by atoms with Crippen LogP contribution >= 0.6 is 11.3 Å². The molecular weight excluding hydrogens is 244 g/mol. The molecule has 4 rings (SSSR count). The van der Waals surface area contributed by atoms with Crippen molar-refractivity contribution in [2.24, 2.45) is 5.92 Å². The fraction of sp³-hybridized carbons (Fsp3) is 0.500. The first kappa shape index (κ1) is 10.8. The molecule has 18 heavy (non-hydrogen) atoms. The molecule has 3 unspecified atom stereocenters. The van der Waals surface area contributed by atoms with Crippen molar-refractivity contribution >= 4 is 11.3 Å². The molecule has 0 bridgehead atoms. The molecule has 3 heterocycles. The Hall–Kier alpha value is -1.13. The van der Waals surface area contributed by atoms with Gasteiger partial charge in [-0.05, 0) is 36.6 Å². The molecule has 1 N–H and O–H groups in total. The Bertz CT molecular complexity index is 534. The number of nitrogens with zero attached hydrogens (tertiary/aromatic N) is 2. The molecule has 3 nitrogen and oxygen atoms in total. The fourth-order valence-corrected chi connectivity index (χ4v) is 4.65. The molecule has 1 aliphatic heterocycles. The van der Waals surface area contributed by atoms with Crippen LogP contribution in [0, 0.1) is 5.92 Å². The lowest BCUT2D eigenvalue weighted by atomic mass is 9.82. The number of aliphatic hydroxyl groups excluding tert-OH is 1. The normalized spacial score (nSPS) is 30.2. The van der Waals surface area contributed by atoms with Gasteiger partial charge in [-0.25, -0.2) is 4.98 Å². The van der Waals surface area contributed by atoms with Gasteiger partial charge in [-0.3, -0.25) is 0 Å². The molecule has 2 aromatic heterocycles. The zero-order chi connectivity index (χ0) is 12.1. The van der Waals surface area contributed by atoms with Crippen molar-refractivity contribution in [3.63, 3.8) is 0 Å². The van der Waals surface area contributed by atoms with Gasteiger partial charge in [0, 0.05) is 10.4 Å². The van der Waals surface area contributed by atoms with Crippen molar-refractivity contribution < 1.29 is 5.11 Å². The van der Waals surface area contributed by atoms with Gasteiger partial charge < -0.3 is 9.67 Å². The van der Waals surface area contributed by atoms with Crippen LogP contribution in [0.1, 0.15) is 36.6 Å². The summed E-state index contributed by atoms with van der Waals surface area (Å²) in [5.41, 5.74) is 2.60. The summed E-state index contributed by atoms with van der Waals surface area (Å²) in [7, 11) is 0. The lowest BCUT2D eigenvalue weighted by Crippen LogP contribution is -2.26. The number of thiophene rings is 1. The van der Waals surface area contributed by atoms with Gasteiger partial charge in [0.2, 0.25) is 0 Å². The van der Waals surface area contributed by atoms with Crippen molar-refractivity contribution in [2.75, 3.05) is 0 Å². The number of aliphatic hydroxyl groups is 1. The van der Waals surface area contributed by atoms with Gasteiger partial charge in [0.25, 0.3) is 0 Å². The average Bonchev–Trinajstić information content (AvgIpc) is 2.99.